The van der Waals surface area contributed by atoms with Crippen molar-refractivity contribution in [1.29, 1.82) is 0 Å². The summed E-state index contributed by atoms with van der Waals surface area (Å²) in [6.45, 7) is 0.702. The Balaban J connectivity index is 2.41. The average Bonchev–Trinajstić information content (AvgIpc) is 2.53. The van der Waals surface area contributed by atoms with E-state index in [0.717, 1.165) is 6.42 Å². The molecule has 1 atom stereocenters. The lowest BCUT2D eigenvalue weighted by molar-refractivity contribution is 0.189. The van der Waals surface area contributed by atoms with Gasteiger partial charge >= 0.3 is 0 Å². The molecule has 14 heavy (non-hydrogen) atoms. The number of nitrogens with zero attached hydrogens (tertiary/aromatic N) is 1. The van der Waals surface area contributed by atoms with Gasteiger partial charge in [-0.1, -0.05) is 0 Å². The maximum absolute atomic E-state index is 11.6. The smallest absolute Gasteiger partial charge is 0.214 e. The van der Waals surface area contributed by atoms with Gasteiger partial charge in [-0.05, 0) is 19.3 Å². The number of aliphatic hydroxyl groups excluding tert-OH is 1. The molecule has 0 saturated carbocycles. The Morgan fingerprint density at radius 2 is 2.14 bits per heavy atom. The fourth-order valence-corrected chi connectivity index (χ4v) is 3.27. The second kappa shape index (κ2) is 5.30. The van der Waals surface area contributed by atoms with Crippen LogP contribution in [0.2, 0.25) is 0 Å². The van der Waals surface area contributed by atoms with E-state index in [2.05, 4.69) is 0 Å². The van der Waals surface area contributed by atoms with Gasteiger partial charge in [0.05, 0.1) is 11.9 Å². The third-order valence-electron chi connectivity index (χ3n) is 2.31. The van der Waals surface area contributed by atoms with Crippen LogP contribution in [0, 0.1) is 0 Å². The number of aliphatic hydroxyl groups is 1. The number of hydrogen-bond donors (Lipinski definition) is 1. The van der Waals surface area contributed by atoms with Crippen LogP contribution in [0.25, 0.3) is 0 Å². The van der Waals surface area contributed by atoms with Crippen LogP contribution in [0.15, 0.2) is 0 Å². The molecule has 0 unspecified atom stereocenters. The van der Waals surface area contributed by atoms with Crippen molar-refractivity contribution in [3.63, 3.8) is 0 Å². The second-order valence-corrected chi connectivity index (χ2v) is 5.98. The van der Waals surface area contributed by atoms with Crippen LogP contribution in [0.4, 0.5) is 0 Å². The Labute approximate surface area is 89.9 Å². The molecule has 0 aliphatic carbocycles. The number of alkyl halides is 1. The topological polar surface area (TPSA) is 57.6 Å². The minimum Gasteiger partial charge on any atom is -0.392 e. The summed E-state index contributed by atoms with van der Waals surface area (Å²) < 4.78 is 24.6. The van der Waals surface area contributed by atoms with Crippen LogP contribution in [-0.2, 0) is 10.0 Å². The predicted octanol–water partition coefficient (Wildman–Crippen LogP) is 0.402. The minimum absolute atomic E-state index is 0.145. The van der Waals surface area contributed by atoms with E-state index in [0.29, 0.717) is 25.3 Å². The molecule has 1 aliphatic heterocycles. The zero-order valence-electron chi connectivity index (χ0n) is 8.02. The Morgan fingerprint density at radius 3 is 2.64 bits per heavy atom. The molecule has 1 saturated heterocycles. The standard InChI is InChI=1S/C8H16ClNO3S/c9-4-1-2-6-14(12,13)10-5-3-8(11)7-10/h8,11H,1-7H2/t8-/m1/s1. The van der Waals surface area contributed by atoms with Gasteiger partial charge in [0.1, 0.15) is 0 Å². The first kappa shape index (κ1) is 12.2. The fourth-order valence-electron chi connectivity index (χ4n) is 1.47. The van der Waals surface area contributed by atoms with Gasteiger partial charge < -0.3 is 5.11 Å². The third-order valence-corrected chi connectivity index (χ3v) is 4.50. The number of sulfonamides is 1. The third kappa shape index (κ3) is 3.38. The van der Waals surface area contributed by atoms with Crippen molar-refractivity contribution in [2.45, 2.75) is 25.4 Å². The van der Waals surface area contributed by atoms with E-state index >= 15 is 0 Å². The van der Waals surface area contributed by atoms with E-state index in [1.165, 1.54) is 4.31 Å². The molecule has 1 aliphatic rings. The normalized spacial score (nSPS) is 24.3. The molecule has 0 radical (unpaired) electrons. The molecule has 1 fully saturated rings. The van der Waals surface area contributed by atoms with E-state index in [9.17, 15) is 13.5 Å². The maximum Gasteiger partial charge on any atom is 0.214 e. The van der Waals surface area contributed by atoms with Crippen LogP contribution >= 0.6 is 11.6 Å². The first-order valence-electron chi connectivity index (χ1n) is 4.78. The fraction of sp³-hybridized carbons (Fsp3) is 1.00. The van der Waals surface area contributed by atoms with E-state index in [1.54, 1.807) is 0 Å². The van der Waals surface area contributed by atoms with Crippen LogP contribution in [0.3, 0.4) is 0 Å². The van der Waals surface area contributed by atoms with Gasteiger partial charge in [0.15, 0.2) is 0 Å². The van der Waals surface area contributed by atoms with Crippen molar-refractivity contribution >= 4 is 21.6 Å². The number of rotatable bonds is 5. The number of β-amino-alcohol motifs (C(OH)–C–C–N with tert-alkyl or cyclic N) is 1. The molecule has 0 aromatic heterocycles. The molecule has 0 spiro atoms. The van der Waals surface area contributed by atoms with Gasteiger partial charge in [0.25, 0.3) is 0 Å². The first-order chi connectivity index (χ1) is 6.56. The van der Waals surface area contributed by atoms with E-state index < -0.39 is 16.1 Å². The lowest BCUT2D eigenvalue weighted by Crippen LogP contribution is -2.31. The van der Waals surface area contributed by atoms with E-state index in [1.807, 2.05) is 0 Å². The highest BCUT2D eigenvalue weighted by molar-refractivity contribution is 7.89. The molecular formula is C8H16ClNO3S. The van der Waals surface area contributed by atoms with Gasteiger partial charge in [-0.15, -0.1) is 11.6 Å². The summed E-state index contributed by atoms with van der Waals surface area (Å²) in [6.07, 6.45) is 1.38. The average molecular weight is 242 g/mol. The molecule has 84 valence electrons. The summed E-state index contributed by atoms with van der Waals surface area (Å²) in [7, 11) is -3.15. The Morgan fingerprint density at radius 1 is 1.43 bits per heavy atom. The maximum atomic E-state index is 11.6. The van der Waals surface area contributed by atoms with Gasteiger partial charge in [0, 0.05) is 19.0 Å². The largest absolute Gasteiger partial charge is 0.392 e. The zero-order chi connectivity index (χ0) is 10.6. The van der Waals surface area contributed by atoms with Gasteiger partial charge in [0.2, 0.25) is 10.0 Å². The van der Waals surface area contributed by atoms with Crippen LogP contribution in [-0.4, -0.2) is 48.7 Å². The summed E-state index contributed by atoms with van der Waals surface area (Å²) in [5.41, 5.74) is 0. The Bertz CT molecular complexity index is 268. The molecule has 0 amide bonds. The van der Waals surface area contributed by atoms with Crippen LogP contribution < -0.4 is 0 Å². The SMILES string of the molecule is O=S(=O)(CCCCCl)N1CC[C@@H](O)C1. The molecule has 1 N–H and O–H groups in total. The highest BCUT2D eigenvalue weighted by Crippen LogP contribution is 2.14. The van der Waals surface area contributed by atoms with Crippen molar-refractivity contribution in [2.24, 2.45) is 0 Å². The lowest BCUT2D eigenvalue weighted by atomic mass is 10.3. The molecule has 6 heteroatoms. The summed E-state index contributed by atoms with van der Waals surface area (Å²) in [5.74, 6) is 0.643. The van der Waals surface area contributed by atoms with Crippen molar-refractivity contribution in [1.82, 2.24) is 4.31 Å². The van der Waals surface area contributed by atoms with Gasteiger partial charge in [-0.25, -0.2) is 8.42 Å². The molecule has 0 bridgehead atoms. The first-order valence-corrected chi connectivity index (χ1v) is 6.92. The van der Waals surface area contributed by atoms with Crippen molar-refractivity contribution in [3.05, 3.63) is 0 Å². The lowest BCUT2D eigenvalue weighted by Gasteiger charge is -2.15. The highest BCUT2D eigenvalue weighted by Gasteiger charge is 2.29. The Kier molecular flexibility index (Phi) is 4.63. The number of hydrogen-bond acceptors (Lipinski definition) is 3. The molecule has 1 heterocycles. The van der Waals surface area contributed by atoms with Gasteiger partial charge in [-0.2, -0.15) is 4.31 Å². The molecule has 1 rings (SSSR count). The molecular weight excluding hydrogens is 226 g/mol. The quantitative estimate of drug-likeness (QED) is 0.560. The minimum atomic E-state index is -3.15. The molecule has 0 aromatic carbocycles. The summed E-state index contributed by atoms with van der Waals surface area (Å²) >= 11 is 5.46. The van der Waals surface area contributed by atoms with Gasteiger partial charge in [-0.3, -0.25) is 0 Å². The Hall–Kier alpha value is 0.160. The molecule has 0 aromatic rings. The predicted molar refractivity (Wildman–Crippen MR) is 55.9 cm³/mol. The number of halogens is 1. The summed E-state index contributed by atoms with van der Waals surface area (Å²) in [4.78, 5) is 0. The second-order valence-electron chi connectivity index (χ2n) is 3.51. The van der Waals surface area contributed by atoms with Crippen molar-refractivity contribution in [2.75, 3.05) is 24.7 Å². The highest BCUT2D eigenvalue weighted by atomic mass is 35.5. The van der Waals surface area contributed by atoms with E-state index in [4.69, 9.17) is 11.6 Å². The monoisotopic (exact) mass is 241 g/mol. The number of unbranched alkanes of at least 4 members (excludes halogenated alkanes) is 1. The van der Waals surface area contributed by atoms with Crippen molar-refractivity contribution in [3.8, 4) is 0 Å². The zero-order valence-corrected chi connectivity index (χ0v) is 9.60. The van der Waals surface area contributed by atoms with Crippen molar-refractivity contribution < 1.29 is 13.5 Å². The van der Waals surface area contributed by atoms with E-state index in [-0.39, 0.29) is 12.3 Å². The molecule has 4 nitrogen and oxygen atoms in total. The summed E-state index contributed by atoms with van der Waals surface area (Å²) in [5, 5.41) is 9.21. The van der Waals surface area contributed by atoms with Crippen LogP contribution in [0.5, 0.6) is 0 Å². The summed E-state index contributed by atoms with van der Waals surface area (Å²) in [6, 6.07) is 0. The van der Waals surface area contributed by atoms with Crippen LogP contribution in [0.1, 0.15) is 19.3 Å².